The fourth-order valence-corrected chi connectivity index (χ4v) is 4.86. The van der Waals surface area contributed by atoms with Crippen molar-refractivity contribution in [3.05, 3.63) is 84.1 Å². The minimum Gasteiger partial charge on any atom is -0.497 e. The average molecular weight is 569 g/mol. The standard InChI is InChI=1S/C32H36N6O4/c1-22-7-6-8-23(2)30(22)42-32(39)38(27-21-26(40-4)13-14-28(27)41-5)29-15-16-33-31(35-29)34-24-9-11-25(12-10-24)37-19-17-36(3)18-20-37/h6-16,21H,17-20H2,1-5H3,(H,33,34,35). The zero-order valence-corrected chi connectivity index (χ0v) is 24.6. The van der Waals surface area contributed by atoms with Crippen LogP contribution in [-0.2, 0) is 0 Å². The highest BCUT2D eigenvalue weighted by molar-refractivity contribution is 5.98. The molecule has 0 atom stereocenters. The molecule has 0 aliphatic carbocycles. The predicted octanol–water partition coefficient (Wildman–Crippen LogP) is 5.94. The zero-order valence-electron chi connectivity index (χ0n) is 24.6. The Morgan fingerprint density at radius 1 is 0.905 bits per heavy atom. The van der Waals surface area contributed by atoms with Crippen LogP contribution in [0, 0.1) is 13.8 Å². The highest BCUT2D eigenvalue weighted by Gasteiger charge is 2.27. The molecule has 4 aromatic rings. The van der Waals surface area contributed by atoms with Gasteiger partial charge in [0.05, 0.1) is 19.9 Å². The van der Waals surface area contributed by atoms with Gasteiger partial charge in [-0.2, -0.15) is 4.98 Å². The summed E-state index contributed by atoms with van der Waals surface area (Å²) in [6, 6.07) is 20.7. The van der Waals surface area contributed by atoms with E-state index in [9.17, 15) is 4.79 Å². The molecule has 1 aliphatic rings. The van der Waals surface area contributed by atoms with Crippen LogP contribution in [0.15, 0.2) is 72.9 Å². The molecule has 42 heavy (non-hydrogen) atoms. The third-order valence-electron chi connectivity index (χ3n) is 7.27. The van der Waals surface area contributed by atoms with Crippen LogP contribution in [0.25, 0.3) is 0 Å². The van der Waals surface area contributed by atoms with Crippen LogP contribution in [-0.4, -0.2) is 68.4 Å². The van der Waals surface area contributed by atoms with E-state index in [0.29, 0.717) is 34.7 Å². The molecular formula is C32H36N6O4. The summed E-state index contributed by atoms with van der Waals surface area (Å²) in [5.41, 5.74) is 4.09. The molecule has 0 bridgehead atoms. The first kappa shape index (κ1) is 28.7. The molecule has 0 unspecified atom stereocenters. The van der Waals surface area contributed by atoms with Crippen LogP contribution in [0.1, 0.15) is 11.1 Å². The van der Waals surface area contributed by atoms with Crippen LogP contribution >= 0.6 is 0 Å². The van der Waals surface area contributed by atoms with E-state index in [2.05, 4.69) is 39.3 Å². The quantitative estimate of drug-likeness (QED) is 0.277. The molecule has 1 aliphatic heterocycles. The molecular weight excluding hydrogens is 532 g/mol. The van der Waals surface area contributed by atoms with Crippen molar-refractivity contribution < 1.29 is 19.0 Å². The van der Waals surface area contributed by atoms with E-state index >= 15 is 0 Å². The van der Waals surface area contributed by atoms with Crippen LogP contribution in [0.2, 0.25) is 0 Å². The van der Waals surface area contributed by atoms with E-state index in [1.54, 1.807) is 44.7 Å². The summed E-state index contributed by atoms with van der Waals surface area (Å²) in [4.78, 5) is 29.1. The first-order valence-electron chi connectivity index (χ1n) is 13.8. The number of nitrogens with one attached hydrogen (secondary N) is 1. The number of aromatic nitrogens is 2. The monoisotopic (exact) mass is 568 g/mol. The Labute approximate surface area is 246 Å². The lowest BCUT2D eigenvalue weighted by atomic mass is 10.1. The third-order valence-corrected chi connectivity index (χ3v) is 7.27. The number of methoxy groups -OCH3 is 2. The molecule has 218 valence electrons. The summed E-state index contributed by atoms with van der Waals surface area (Å²) in [7, 11) is 5.25. The number of nitrogens with zero attached hydrogens (tertiary/aromatic N) is 5. The SMILES string of the molecule is COc1ccc(OC)c(N(C(=O)Oc2c(C)cccc2C)c2ccnc(Nc3ccc(N4CCN(C)CC4)cc3)n2)c1. The highest BCUT2D eigenvalue weighted by Crippen LogP contribution is 2.37. The van der Waals surface area contributed by atoms with E-state index in [0.717, 1.165) is 43.0 Å². The highest BCUT2D eigenvalue weighted by atomic mass is 16.6. The van der Waals surface area contributed by atoms with Gasteiger partial charge in [0.15, 0.2) is 0 Å². The molecule has 2 heterocycles. The van der Waals surface area contributed by atoms with Crippen molar-refractivity contribution >= 4 is 34.9 Å². The number of rotatable bonds is 8. The van der Waals surface area contributed by atoms with Gasteiger partial charge in [-0.1, -0.05) is 18.2 Å². The molecule has 0 radical (unpaired) electrons. The third kappa shape index (κ3) is 6.39. The number of amides is 1. The molecule has 1 fully saturated rings. The van der Waals surface area contributed by atoms with E-state index in [1.165, 1.54) is 10.6 Å². The molecule has 0 spiro atoms. The number of benzene rings is 3. The number of likely N-dealkylation sites (N-methyl/N-ethyl adjacent to an activating group) is 1. The van der Waals surface area contributed by atoms with Crippen LogP contribution in [0.3, 0.4) is 0 Å². The van der Waals surface area contributed by atoms with Gasteiger partial charge in [-0.25, -0.2) is 14.7 Å². The van der Waals surface area contributed by atoms with Crippen molar-refractivity contribution in [2.24, 2.45) is 0 Å². The van der Waals surface area contributed by atoms with Gasteiger partial charge < -0.3 is 29.3 Å². The second kappa shape index (κ2) is 12.8. The van der Waals surface area contributed by atoms with Gasteiger partial charge in [0, 0.05) is 55.9 Å². The number of aryl methyl sites for hydroxylation is 2. The fraction of sp³-hybridized carbons (Fsp3) is 0.281. The van der Waals surface area contributed by atoms with Crippen LogP contribution in [0.5, 0.6) is 17.2 Å². The minimum atomic E-state index is -0.653. The van der Waals surface area contributed by atoms with E-state index < -0.39 is 6.09 Å². The Kier molecular flexibility index (Phi) is 8.73. The van der Waals surface area contributed by atoms with Gasteiger partial charge >= 0.3 is 6.09 Å². The molecule has 1 saturated heterocycles. The Balaban J connectivity index is 1.46. The lowest BCUT2D eigenvalue weighted by Crippen LogP contribution is -2.44. The molecule has 0 saturated carbocycles. The van der Waals surface area contributed by atoms with E-state index in [-0.39, 0.29) is 0 Å². The Hall–Kier alpha value is -4.83. The topological polar surface area (TPSA) is 92.3 Å². The van der Waals surface area contributed by atoms with Crippen LogP contribution < -0.4 is 29.3 Å². The molecule has 10 nitrogen and oxygen atoms in total. The maximum absolute atomic E-state index is 13.9. The van der Waals surface area contributed by atoms with Crippen molar-refractivity contribution in [3.8, 4) is 17.2 Å². The lowest BCUT2D eigenvalue weighted by Gasteiger charge is -2.34. The Bertz CT molecular complexity index is 1520. The number of hydrogen-bond acceptors (Lipinski definition) is 9. The predicted molar refractivity (Wildman–Crippen MR) is 165 cm³/mol. The van der Waals surface area contributed by atoms with Crippen molar-refractivity contribution in [3.63, 3.8) is 0 Å². The van der Waals surface area contributed by atoms with Crippen molar-refractivity contribution in [2.75, 3.05) is 62.6 Å². The molecule has 3 aromatic carbocycles. The number of carbonyl (C=O) groups is 1. The molecule has 1 N–H and O–H groups in total. The summed E-state index contributed by atoms with van der Waals surface area (Å²) >= 11 is 0. The average Bonchev–Trinajstić information content (AvgIpc) is 3.00. The van der Waals surface area contributed by atoms with E-state index in [1.807, 2.05) is 44.2 Å². The van der Waals surface area contributed by atoms with Gasteiger partial charge in [-0.05, 0) is 68.4 Å². The summed E-state index contributed by atoms with van der Waals surface area (Å²) in [6.45, 7) is 7.87. The van der Waals surface area contributed by atoms with Crippen molar-refractivity contribution in [1.82, 2.24) is 14.9 Å². The normalized spacial score (nSPS) is 13.4. The zero-order chi connectivity index (χ0) is 29.6. The maximum Gasteiger partial charge on any atom is 0.425 e. The maximum atomic E-state index is 13.9. The number of piperazine rings is 1. The van der Waals surface area contributed by atoms with E-state index in [4.69, 9.17) is 19.2 Å². The molecule has 1 aromatic heterocycles. The van der Waals surface area contributed by atoms with Crippen molar-refractivity contribution in [2.45, 2.75) is 13.8 Å². The lowest BCUT2D eigenvalue weighted by molar-refractivity contribution is 0.209. The largest absolute Gasteiger partial charge is 0.497 e. The summed E-state index contributed by atoms with van der Waals surface area (Å²) in [6.07, 6.45) is 0.940. The number of hydrogen-bond donors (Lipinski definition) is 1. The van der Waals surface area contributed by atoms with Crippen LogP contribution in [0.4, 0.5) is 33.6 Å². The van der Waals surface area contributed by atoms with Crippen molar-refractivity contribution in [1.29, 1.82) is 0 Å². The summed E-state index contributed by atoms with van der Waals surface area (Å²) in [5, 5.41) is 3.26. The molecule has 5 rings (SSSR count). The second-order valence-corrected chi connectivity index (χ2v) is 10.2. The smallest absolute Gasteiger partial charge is 0.425 e. The molecule has 10 heteroatoms. The molecule has 1 amide bonds. The number of carbonyl (C=O) groups excluding carboxylic acids is 1. The fourth-order valence-electron chi connectivity index (χ4n) is 4.86. The Morgan fingerprint density at radius 3 is 2.29 bits per heavy atom. The summed E-state index contributed by atoms with van der Waals surface area (Å²) in [5.74, 6) is 2.10. The first-order chi connectivity index (χ1) is 20.4. The Morgan fingerprint density at radius 2 is 1.62 bits per heavy atom. The number of ether oxygens (including phenoxy) is 3. The first-order valence-corrected chi connectivity index (χ1v) is 13.8. The van der Waals surface area contributed by atoms with Gasteiger partial charge in [0.25, 0.3) is 0 Å². The second-order valence-electron chi connectivity index (χ2n) is 10.2. The van der Waals surface area contributed by atoms with Gasteiger partial charge in [-0.15, -0.1) is 0 Å². The van der Waals surface area contributed by atoms with Gasteiger partial charge in [-0.3, -0.25) is 0 Å². The number of anilines is 5. The number of para-hydroxylation sites is 1. The van der Waals surface area contributed by atoms with Gasteiger partial charge in [0.1, 0.15) is 23.1 Å². The minimum absolute atomic E-state index is 0.296. The summed E-state index contributed by atoms with van der Waals surface area (Å²) < 4.78 is 17.0. The van der Waals surface area contributed by atoms with Gasteiger partial charge in [0.2, 0.25) is 5.95 Å².